The van der Waals surface area contributed by atoms with Gasteiger partial charge in [-0.25, -0.2) is 0 Å². The molecule has 2 atom stereocenters. The zero-order valence-corrected chi connectivity index (χ0v) is 13.1. The molecule has 1 fully saturated rings. The van der Waals surface area contributed by atoms with Crippen molar-refractivity contribution >= 4 is 0 Å². The summed E-state index contributed by atoms with van der Waals surface area (Å²) in [4.78, 5) is 4.61. The van der Waals surface area contributed by atoms with E-state index >= 15 is 0 Å². The van der Waals surface area contributed by atoms with Crippen molar-refractivity contribution in [2.75, 3.05) is 13.7 Å². The van der Waals surface area contributed by atoms with Crippen LogP contribution in [0.4, 0.5) is 0 Å². The summed E-state index contributed by atoms with van der Waals surface area (Å²) in [5.41, 5.74) is -0.292. The third-order valence-corrected chi connectivity index (χ3v) is 4.49. The van der Waals surface area contributed by atoms with E-state index in [0.717, 1.165) is 43.9 Å². The van der Waals surface area contributed by atoms with Crippen molar-refractivity contribution in [2.24, 2.45) is 0 Å². The SMILES string of the molecule is CCCNC(CC)C(C)c1nc(C2(OC)CCC2)no1. The van der Waals surface area contributed by atoms with Gasteiger partial charge in [0.05, 0.1) is 5.92 Å². The minimum Gasteiger partial charge on any atom is -0.370 e. The highest BCUT2D eigenvalue weighted by Crippen LogP contribution is 2.43. The molecule has 114 valence electrons. The van der Waals surface area contributed by atoms with Crippen molar-refractivity contribution in [3.05, 3.63) is 11.7 Å². The third-order valence-electron chi connectivity index (χ3n) is 4.49. The molecule has 1 N–H and O–H groups in total. The Bertz CT molecular complexity index is 409. The van der Waals surface area contributed by atoms with Crippen LogP contribution in [0.3, 0.4) is 0 Å². The average Bonchev–Trinajstić information content (AvgIpc) is 2.89. The molecule has 0 spiro atoms. The van der Waals surface area contributed by atoms with E-state index in [1.54, 1.807) is 7.11 Å². The van der Waals surface area contributed by atoms with Gasteiger partial charge in [0.2, 0.25) is 11.7 Å². The van der Waals surface area contributed by atoms with Gasteiger partial charge in [-0.05, 0) is 38.6 Å². The van der Waals surface area contributed by atoms with Crippen LogP contribution in [0.1, 0.15) is 70.5 Å². The second-order valence-electron chi connectivity index (χ2n) is 5.77. The topological polar surface area (TPSA) is 60.2 Å². The van der Waals surface area contributed by atoms with Crippen molar-refractivity contribution in [3.8, 4) is 0 Å². The normalized spacial score (nSPS) is 20.4. The molecule has 5 nitrogen and oxygen atoms in total. The van der Waals surface area contributed by atoms with Crippen LogP contribution in [0.2, 0.25) is 0 Å². The molecule has 1 aliphatic carbocycles. The number of methoxy groups -OCH3 is 1. The fourth-order valence-electron chi connectivity index (χ4n) is 2.80. The lowest BCUT2D eigenvalue weighted by molar-refractivity contribution is -0.0858. The predicted molar refractivity (Wildman–Crippen MR) is 77.6 cm³/mol. The minimum absolute atomic E-state index is 0.224. The maximum atomic E-state index is 5.60. The molecule has 2 rings (SSSR count). The quantitative estimate of drug-likeness (QED) is 0.793. The molecule has 20 heavy (non-hydrogen) atoms. The zero-order valence-electron chi connectivity index (χ0n) is 13.1. The van der Waals surface area contributed by atoms with Crippen LogP contribution in [0.5, 0.6) is 0 Å². The van der Waals surface area contributed by atoms with Gasteiger partial charge in [-0.2, -0.15) is 4.98 Å². The standard InChI is InChI=1S/C15H27N3O2/c1-5-10-16-12(6-2)11(3)13-17-14(18-20-13)15(19-4)8-7-9-15/h11-12,16H,5-10H2,1-4H3. The largest absolute Gasteiger partial charge is 0.370 e. The van der Waals surface area contributed by atoms with Crippen LogP contribution in [-0.4, -0.2) is 29.8 Å². The molecule has 5 heteroatoms. The van der Waals surface area contributed by atoms with Crippen molar-refractivity contribution in [2.45, 2.75) is 70.4 Å². The number of ether oxygens (including phenoxy) is 1. The van der Waals surface area contributed by atoms with Crippen LogP contribution in [0, 0.1) is 0 Å². The van der Waals surface area contributed by atoms with Crippen LogP contribution in [0.15, 0.2) is 4.52 Å². The molecule has 0 saturated heterocycles. The molecule has 1 aromatic rings. The van der Waals surface area contributed by atoms with E-state index in [0.29, 0.717) is 6.04 Å². The lowest BCUT2D eigenvalue weighted by Crippen LogP contribution is -2.37. The molecular weight excluding hydrogens is 254 g/mol. The molecular formula is C15H27N3O2. The molecule has 0 amide bonds. The Morgan fingerprint density at radius 3 is 2.65 bits per heavy atom. The number of hydrogen-bond acceptors (Lipinski definition) is 5. The molecule has 1 aromatic heterocycles. The number of hydrogen-bond donors (Lipinski definition) is 1. The molecule has 0 aliphatic heterocycles. The van der Waals surface area contributed by atoms with Gasteiger partial charge < -0.3 is 14.6 Å². The highest BCUT2D eigenvalue weighted by molar-refractivity contribution is 5.08. The molecule has 2 unspecified atom stereocenters. The van der Waals surface area contributed by atoms with E-state index in [4.69, 9.17) is 9.26 Å². The van der Waals surface area contributed by atoms with Crippen LogP contribution in [0.25, 0.3) is 0 Å². The molecule has 1 aliphatic rings. The maximum Gasteiger partial charge on any atom is 0.231 e. The Labute approximate surface area is 121 Å². The second kappa shape index (κ2) is 6.68. The Morgan fingerprint density at radius 2 is 2.15 bits per heavy atom. The number of rotatable bonds is 8. The Hall–Kier alpha value is -0.940. The second-order valence-corrected chi connectivity index (χ2v) is 5.77. The predicted octanol–water partition coefficient (Wildman–Crippen LogP) is 2.98. The average molecular weight is 281 g/mol. The summed E-state index contributed by atoms with van der Waals surface area (Å²) in [7, 11) is 1.73. The fraction of sp³-hybridized carbons (Fsp3) is 0.867. The number of aromatic nitrogens is 2. The summed E-state index contributed by atoms with van der Waals surface area (Å²) in [5.74, 6) is 1.67. The summed E-state index contributed by atoms with van der Waals surface area (Å²) in [6.07, 6.45) is 5.33. The monoisotopic (exact) mass is 281 g/mol. The molecule has 0 aromatic carbocycles. The summed E-state index contributed by atoms with van der Waals surface area (Å²) < 4.78 is 11.1. The first-order chi connectivity index (χ1) is 9.66. The van der Waals surface area contributed by atoms with Gasteiger partial charge in [0.1, 0.15) is 5.60 Å². The van der Waals surface area contributed by atoms with Gasteiger partial charge in [0, 0.05) is 13.2 Å². The summed E-state index contributed by atoms with van der Waals surface area (Å²) in [6, 6.07) is 0.378. The van der Waals surface area contributed by atoms with E-state index in [2.05, 4.69) is 36.2 Å². The Balaban J connectivity index is 2.07. The van der Waals surface area contributed by atoms with Crippen LogP contribution >= 0.6 is 0 Å². The van der Waals surface area contributed by atoms with Crippen LogP contribution in [-0.2, 0) is 10.3 Å². The van der Waals surface area contributed by atoms with Gasteiger partial charge in [0.25, 0.3) is 0 Å². The van der Waals surface area contributed by atoms with Gasteiger partial charge in [-0.15, -0.1) is 0 Å². The Morgan fingerprint density at radius 1 is 1.40 bits per heavy atom. The zero-order chi connectivity index (χ0) is 14.6. The third kappa shape index (κ3) is 2.88. The van der Waals surface area contributed by atoms with Crippen molar-refractivity contribution in [3.63, 3.8) is 0 Å². The lowest BCUT2D eigenvalue weighted by atomic mass is 9.79. The first-order valence-electron chi connectivity index (χ1n) is 7.79. The molecule has 1 heterocycles. The molecule has 0 radical (unpaired) electrons. The van der Waals surface area contributed by atoms with Crippen molar-refractivity contribution in [1.29, 1.82) is 0 Å². The van der Waals surface area contributed by atoms with Gasteiger partial charge in [0.15, 0.2) is 0 Å². The highest BCUT2D eigenvalue weighted by atomic mass is 16.5. The van der Waals surface area contributed by atoms with E-state index < -0.39 is 0 Å². The Kier molecular flexibility index (Phi) is 5.16. The maximum absolute atomic E-state index is 5.60. The van der Waals surface area contributed by atoms with Gasteiger partial charge >= 0.3 is 0 Å². The summed E-state index contributed by atoms with van der Waals surface area (Å²) in [5, 5.41) is 7.71. The van der Waals surface area contributed by atoms with Crippen LogP contribution < -0.4 is 5.32 Å². The molecule has 1 saturated carbocycles. The summed E-state index contributed by atoms with van der Waals surface area (Å²) in [6.45, 7) is 7.53. The molecule has 0 bridgehead atoms. The van der Waals surface area contributed by atoms with Crippen molar-refractivity contribution in [1.82, 2.24) is 15.5 Å². The van der Waals surface area contributed by atoms with E-state index in [1.807, 2.05) is 0 Å². The highest BCUT2D eigenvalue weighted by Gasteiger charge is 2.43. The van der Waals surface area contributed by atoms with Gasteiger partial charge in [-0.3, -0.25) is 0 Å². The number of nitrogens with one attached hydrogen (secondary N) is 1. The first kappa shape index (κ1) is 15.4. The number of nitrogens with zero attached hydrogens (tertiary/aromatic N) is 2. The lowest BCUT2D eigenvalue weighted by Gasteiger charge is -2.37. The van der Waals surface area contributed by atoms with E-state index in [9.17, 15) is 0 Å². The van der Waals surface area contributed by atoms with E-state index in [-0.39, 0.29) is 11.5 Å². The smallest absolute Gasteiger partial charge is 0.231 e. The van der Waals surface area contributed by atoms with Gasteiger partial charge in [-0.1, -0.05) is 25.9 Å². The summed E-state index contributed by atoms with van der Waals surface area (Å²) >= 11 is 0. The minimum atomic E-state index is -0.292. The fourth-order valence-corrected chi connectivity index (χ4v) is 2.80. The van der Waals surface area contributed by atoms with E-state index in [1.165, 1.54) is 6.42 Å². The van der Waals surface area contributed by atoms with Crippen molar-refractivity contribution < 1.29 is 9.26 Å². The first-order valence-corrected chi connectivity index (χ1v) is 7.79.